The fraction of sp³-hybridized carbons (Fsp3) is 0.512. The molecule has 0 saturated carbocycles. The second kappa shape index (κ2) is 22.4. The summed E-state index contributed by atoms with van der Waals surface area (Å²) < 4.78 is 0. The largest absolute Gasteiger partial charge is 0.480 e. The number of pyridine rings is 1. The van der Waals surface area contributed by atoms with Gasteiger partial charge in [0.1, 0.15) is 23.5 Å². The molecular formula is C41H57N11O11. The van der Waals surface area contributed by atoms with Gasteiger partial charge in [0.15, 0.2) is 12.0 Å². The molecule has 22 heteroatoms. The van der Waals surface area contributed by atoms with E-state index in [0.717, 1.165) is 6.07 Å². The van der Waals surface area contributed by atoms with Gasteiger partial charge in [0, 0.05) is 36.6 Å². The zero-order chi connectivity index (χ0) is 46.5. The van der Waals surface area contributed by atoms with E-state index in [2.05, 4.69) is 31.2 Å². The number of carboxylic acid groups (broad SMARTS) is 1. The number of hydrogen-bond donors (Lipinski definition) is 10. The molecule has 13 N–H and O–H groups in total. The molecule has 2 aromatic carbocycles. The fourth-order valence-electron chi connectivity index (χ4n) is 7.35. The number of para-hydroxylation sites is 1. The van der Waals surface area contributed by atoms with Crippen molar-refractivity contribution in [1.82, 2.24) is 31.2 Å². The number of aromatic amines is 1. The lowest BCUT2D eigenvalue weighted by Crippen LogP contribution is -2.58. The van der Waals surface area contributed by atoms with Crippen LogP contribution in [0.1, 0.15) is 82.5 Å². The number of carboxylic acids is 1. The molecular weight excluding hydrogens is 823 g/mol. The van der Waals surface area contributed by atoms with Crippen LogP contribution in [0.25, 0.3) is 21.8 Å². The number of unbranched alkanes of at least 4 members (excludes halogenated alkanes) is 1. The fourth-order valence-corrected chi connectivity index (χ4v) is 7.35. The van der Waals surface area contributed by atoms with Crippen LogP contribution in [0.15, 0.2) is 46.2 Å². The lowest BCUT2D eigenvalue weighted by Gasteiger charge is -2.30. The minimum Gasteiger partial charge on any atom is -0.480 e. The highest BCUT2D eigenvalue weighted by molar-refractivity contribution is 6.11. The Hall–Kier alpha value is -6.68. The third-order valence-electron chi connectivity index (χ3n) is 11.1. The Bertz CT molecular complexity index is 2280. The molecule has 0 bridgehead atoms. The summed E-state index contributed by atoms with van der Waals surface area (Å²) in [5.74, 6) is -5.28. The van der Waals surface area contributed by atoms with E-state index in [0.29, 0.717) is 24.8 Å². The molecule has 22 nitrogen and oxygen atoms in total. The number of carbonyl (C=O) groups is 6. The van der Waals surface area contributed by atoms with Crippen molar-refractivity contribution in [3.63, 3.8) is 0 Å². The second-order valence-corrected chi connectivity index (χ2v) is 15.6. The number of hydrogen-bond acceptors (Lipinski definition) is 12. The number of aliphatic carboxylic acids is 1. The van der Waals surface area contributed by atoms with E-state index in [9.17, 15) is 53.9 Å². The number of nitrogens with zero attached hydrogens (tertiary/aromatic N) is 3. The van der Waals surface area contributed by atoms with Crippen molar-refractivity contribution >= 4 is 69.0 Å². The summed E-state index contributed by atoms with van der Waals surface area (Å²) in [5.41, 5.74) is 15.8. The van der Waals surface area contributed by atoms with E-state index in [1.54, 1.807) is 18.2 Å². The van der Waals surface area contributed by atoms with Crippen LogP contribution in [-0.2, 0) is 24.0 Å². The predicted octanol–water partition coefficient (Wildman–Crippen LogP) is -0.173. The first-order valence-corrected chi connectivity index (χ1v) is 20.8. The van der Waals surface area contributed by atoms with Gasteiger partial charge < -0.3 is 58.6 Å². The first-order valence-electron chi connectivity index (χ1n) is 20.8. The number of nitrogens with two attached hydrogens (primary N) is 3. The molecule has 7 atom stereocenters. The van der Waals surface area contributed by atoms with Crippen molar-refractivity contribution in [3.05, 3.63) is 62.3 Å². The molecule has 1 aliphatic rings. The number of benzene rings is 2. The Morgan fingerprint density at radius 1 is 0.984 bits per heavy atom. The van der Waals surface area contributed by atoms with Gasteiger partial charge in [0.25, 0.3) is 11.6 Å². The number of likely N-dealkylation sites (tertiary alicyclic amines) is 1. The number of guanidine groups is 1. The molecule has 3 aromatic rings. The molecule has 4 rings (SSSR count). The van der Waals surface area contributed by atoms with E-state index in [-0.39, 0.29) is 91.4 Å². The minimum absolute atomic E-state index is 0.0122. The summed E-state index contributed by atoms with van der Waals surface area (Å²) in [5, 5.41) is 41.8. The van der Waals surface area contributed by atoms with E-state index < -0.39 is 82.0 Å². The van der Waals surface area contributed by atoms with Crippen LogP contribution in [0.4, 0.5) is 5.69 Å². The van der Waals surface area contributed by atoms with E-state index >= 15 is 0 Å². The number of carbonyl (C=O) groups excluding carboxylic acids is 5. The average molecular weight is 880 g/mol. The molecule has 1 fully saturated rings. The van der Waals surface area contributed by atoms with E-state index in [4.69, 9.17) is 17.2 Å². The standard InChI is InChI=1S/C41H57N11O11/c1-4-21(2)31(42)38(58)45-18-8-7-13-26(36(56)50-32(22(3)53)40(60)61)48-37(57)29-15-10-20-51(29)39(59)27(14-9-19-46-41(43)44)49-35(55)24-16-17-28(52(62)63)30-33(24)47-25-12-6-5-11-23(25)34(30)54/h5-6,11-12,16-17,21-22,26-27,29,31-32,53H,4,7-10,13-15,18-20,42H2,1-3H3,(H,45,58)(H,47,54)(H,48,57)(H,49,55)(H,50,56)(H,60,61)(H4,43,44,46)/t21-,22+,26-,27-,29-,31-,32-/m0/s1. The minimum atomic E-state index is -1.70. The molecule has 5 amide bonds. The topological polar surface area (TPSA) is 361 Å². The summed E-state index contributed by atoms with van der Waals surface area (Å²) in [6.07, 6.45) is 0.515. The quantitative estimate of drug-likeness (QED) is 0.0156. The molecule has 342 valence electrons. The third-order valence-corrected chi connectivity index (χ3v) is 11.1. The van der Waals surface area contributed by atoms with Gasteiger partial charge in [-0.2, -0.15) is 0 Å². The lowest BCUT2D eigenvalue weighted by atomic mass is 9.99. The molecule has 0 radical (unpaired) electrons. The maximum absolute atomic E-state index is 14.4. The molecule has 63 heavy (non-hydrogen) atoms. The van der Waals surface area contributed by atoms with Gasteiger partial charge in [-0.3, -0.25) is 43.9 Å². The molecule has 0 spiro atoms. The van der Waals surface area contributed by atoms with Gasteiger partial charge in [-0.25, -0.2) is 4.79 Å². The van der Waals surface area contributed by atoms with Crippen molar-refractivity contribution in [2.45, 2.75) is 108 Å². The number of nitro benzene ring substituents is 1. The van der Waals surface area contributed by atoms with Crippen molar-refractivity contribution in [3.8, 4) is 0 Å². The molecule has 2 heterocycles. The van der Waals surface area contributed by atoms with Crippen molar-refractivity contribution in [2.24, 2.45) is 28.1 Å². The summed E-state index contributed by atoms with van der Waals surface area (Å²) in [4.78, 5) is 113. The summed E-state index contributed by atoms with van der Waals surface area (Å²) in [6, 6.07) is 2.32. The van der Waals surface area contributed by atoms with Gasteiger partial charge >= 0.3 is 5.97 Å². The van der Waals surface area contributed by atoms with Crippen LogP contribution in [0.3, 0.4) is 0 Å². The van der Waals surface area contributed by atoms with Crippen LogP contribution >= 0.6 is 0 Å². The molecule has 1 saturated heterocycles. The van der Waals surface area contributed by atoms with E-state index in [1.807, 2.05) is 13.8 Å². The second-order valence-electron chi connectivity index (χ2n) is 15.6. The van der Waals surface area contributed by atoms with Gasteiger partial charge in [0.2, 0.25) is 29.1 Å². The number of aliphatic hydroxyl groups excluding tert-OH is 1. The number of aromatic nitrogens is 1. The summed E-state index contributed by atoms with van der Waals surface area (Å²) in [6.45, 7) is 5.30. The normalized spacial score (nSPS) is 16.5. The Labute approximate surface area is 361 Å². The Morgan fingerprint density at radius 3 is 2.33 bits per heavy atom. The average Bonchev–Trinajstić information content (AvgIpc) is 3.74. The zero-order valence-electron chi connectivity index (χ0n) is 35.4. The Balaban J connectivity index is 1.59. The molecule has 1 aromatic heterocycles. The van der Waals surface area contributed by atoms with Gasteiger partial charge in [-0.05, 0) is 76.0 Å². The highest BCUT2D eigenvalue weighted by Gasteiger charge is 2.40. The van der Waals surface area contributed by atoms with Gasteiger partial charge in [-0.1, -0.05) is 32.4 Å². The molecule has 0 unspecified atom stereocenters. The van der Waals surface area contributed by atoms with Crippen LogP contribution in [-0.4, -0.2) is 122 Å². The Morgan fingerprint density at radius 2 is 1.68 bits per heavy atom. The number of H-pyrrole nitrogens is 1. The highest BCUT2D eigenvalue weighted by atomic mass is 16.6. The summed E-state index contributed by atoms with van der Waals surface area (Å²) >= 11 is 0. The van der Waals surface area contributed by atoms with Crippen LogP contribution in [0.2, 0.25) is 0 Å². The SMILES string of the molecule is CC[C@H](C)[C@H](N)C(=O)NCCCC[C@H](NC(=O)[C@@H]1CCCN1C(=O)[C@H](CCCN=C(N)N)NC(=O)c1ccc([N+](=O)[O-])c2c(=O)c3ccccc3[nH]c12)C(=O)N[C@H](C(=O)O)[C@@H](C)O. The predicted molar refractivity (Wildman–Crippen MR) is 232 cm³/mol. The first-order chi connectivity index (χ1) is 29.9. The van der Waals surface area contributed by atoms with Gasteiger partial charge in [-0.15, -0.1) is 0 Å². The number of amides is 5. The van der Waals surface area contributed by atoms with Gasteiger partial charge in [0.05, 0.1) is 28.1 Å². The Kier molecular flexibility index (Phi) is 17.4. The maximum Gasteiger partial charge on any atom is 0.328 e. The van der Waals surface area contributed by atoms with Crippen LogP contribution in [0, 0.1) is 16.0 Å². The highest BCUT2D eigenvalue weighted by Crippen LogP contribution is 2.28. The van der Waals surface area contributed by atoms with Crippen LogP contribution in [0.5, 0.6) is 0 Å². The molecule has 1 aliphatic heterocycles. The number of nitrogens with one attached hydrogen (secondary N) is 5. The third kappa shape index (κ3) is 12.5. The number of nitro groups is 1. The number of aliphatic hydroxyl groups is 1. The monoisotopic (exact) mass is 879 g/mol. The molecule has 0 aliphatic carbocycles. The van der Waals surface area contributed by atoms with Crippen molar-refractivity contribution < 1.29 is 43.9 Å². The van der Waals surface area contributed by atoms with Crippen LogP contribution < -0.4 is 43.9 Å². The number of fused-ring (bicyclic) bond motifs is 2. The van der Waals surface area contributed by atoms with Crippen molar-refractivity contribution in [2.75, 3.05) is 19.6 Å². The smallest absolute Gasteiger partial charge is 0.328 e. The summed E-state index contributed by atoms with van der Waals surface area (Å²) in [7, 11) is 0. The first kappa shape index (κ1) is 49.0. The maximum atomic E-state index is 14.4. The van der Waals surface area contributed by atoms with Crippen molar-refractivity contribution in [1.29, 1.82) is 0 Å². The lowest BCUT2D eigenvalue weighted by molar-refractivity contribution is -0.383. The van der Waals surface area contributed by atoms with E-state index in [1.165, 1.54) is 24.0 Å². The zero-order valence-corrected chi connectivity index (χ0v) is 35.4. The number of aliphatic imine (C=N–C) groups is 1. The number of rotatable bonds is 22. The number of non-ortho nitro benzene ring substituents is 1.